The van der Waals surface area contributed by atoms with Crippen LogP contribution in [-0.2, 0) is 0 Å². The van der Waals surface area contributed by atoms with Gasteiger partial charge in [-0.1, -0.05) is 41.7 Å². The number of nitrogens with zero attached hydrogens (tertiary/aromatic N) is 2. The summed E-state index contributed by atoms with van der Waals surface area (Å²) in [6.07, 6.45) is 0. The van der Waals surface area contributed by atoms with Gasteiger partial charge in [-0.05, 0) is 6.92 Å². The van der Waals surface area contributed by atoms with Gasteiger partial charge in [-0.3, -0.25) is 0 Å². The molecule has 3 nitrogen and oxygen atoms in total. The predicted molar refractivity (Wildman–Crippen MR) is 77.8 cm³/mol. The first-order valence-electron chi connectivity index (χ1n) is 5.48. The minimum absolute atomic E-state index is 0.594. The highest BCUT2D eigenvalue weighted by Crippen LogP contribution is 2.34. The largest absolute Gasteiger partial charge is 0.375 e. The Morgan fingerprint density at radius 3 is 2.56 bits per heavy atom. The average Bonchev–Trinajstić information content (AvgIpc) is 2.97. The van der Waals surface area contributed by atoms with Crippen LogP contribution in [0.4, 0.5) is 5.13 Å². The van der Waals surface area contributed by atoms with Crippen molar-refractivity contribution in [2.24, 2.45) is 0 Å². The molecular weight excluding hydrogens is 262 g/mol. The molecule has 2 heterocycles. The zero-order valence-electron chi connectivity index (χ0n) is 9.75. The molecular formula is C13H11N3S2. The molecule has 0 atom stereocenters. The maximum atomic E-state index is 5.72. The maximum Gasteiger partial charge on any atom is 0.180 e. The molecule has 2 aromatic heterocycles. The molecule has 0 fully saturated rings. The molecule has 5 heteroatoms. The van der Waals surface area contributed by atoms with Crippen molar-refractivity contribution >= 4 is 27.8 Å². The molecule has 0 bridgehead atoms. The zero-order valence-corrected chi connectivity index (χ0v) is 11.4. The Balaban J connectivity index is 2.02. The van der Waals surface area contributed by atoms with Gasteiger partial charge < -0.3 is 5.73 Å². The van der Waals surface area contributed by atoms with Crippen molar-refractivity contribution in [2.45, 2.75) is 6.92 Å². The summed E-state index contributed by atoms with van der Waals surface area (Å²) >= 11 is 3.13. The summed E-state index contributed by atoms with van der Waals surface area (Å²) in [6.45, 7) is 1.96. The molecule has 3 rings (SSSR count). The number of nitrogen functional groups attached to an aromatic ring is 1. The van der Waals surface area contributed by atoms with E-state index < -0.39 is 0 Å². The molecule has 0 radical (unpaired) electrons. The number of thiazole rings is 2. The third-order valence-electron chi connectivity index (χ3n) is 2.57. The van der Waals surface area contributed by atoms with Gasteiger partial charge in [0.25, 0.3) is 0 Å². The van der Waals surface area contributed by atoms with E-state index in [0.717, 1.165) is 26.8 Å². The number of benzene rings is 1. The summed E-state index contributed by atoms with van der Waals surface area (Å²) in [5.41, 5.74) is 8.77. The Morgan fingerprint density at radius 1 is 1.11 bits per heavy atom. The van der Waals surface area contributed by atoms with Crippen LogP contribution < -0.4 is 5.73 Å². The lowest BCUT2D eigenvalue weighted by Gasteiger charge is -1.94. The molecule has 0 aliphatic rings. The van der Waals surface area contributed by atoms with Gasteiger partial charge >= 0.3 is 0 Å². The highest BCUT2D eigenvalue weighted by molar-refractivity contribution is 7.19. The first-order chi connectivity index (χ1) is 8.74. The molecule has 18 heavy (non-hydrogen) atoms. The molecule has 90 valence electrons. The van der Waals surface area contributed by atoms with Gasteiger partial charge in [0.05, 0.1) is 16.3 Å². The molecule has 0 saturated heterocycles. The van der Waals surface area contributed by atoms with E-state index in [2.05, 4.69) is 27.5 Å². The summed E-state index contributed by atoms with van der Waals surface area (Å²) in [5.74, 6) is 0. The van der Waals surface area contributed by atoms with E-state index in [9.17, 15) is 0 Å². The Morgan fingerprint density at radius 2 is 1.89 bits per heavy atom. The number of aromatic nitrogens is 2. The van der Waals surface area contributed by atoms with E-state index in [1.165, 1.54) is 11.3 Å². The summed E-state index contributed by atoms with van der Waals surface area (Å²) in [6, 6.07) is 10.2. The lowest BCUT2D eigenvalue weighted by molar-refractivity contribution is 1.26. The smallest absolute Gasteiger partial charge is 0.180 e. The van der Waals surface area contributed by atoms with Crippen LogP contribution in [0, 0.1) is 6.92 Å². The summed E-state index contributed by atoms with van der Waals surface area (Å²) in [4.78, 5) is 9.95. The van der Waals surface area contributed by atoms with E-state index in [1.54, 1.807) is 11.3 Å². The van der Waals surface area contributed by atoms with Crippen LogP contribution in [0.3, 0.4) is 0 Å². The Hall–Kier alpha value is -1.72. The quantitative estimate of drug-likeness (QED) is 0.772. The van der Waals surface area contributed by atoms with Crippen LogP contribution in [0.25, 0.3) is 21.1 Å². The second kappa shape index (κ2) is 4.51. The third-order valence-corrected chi connectivity index (χ3v) is 4.47. The zero-order chi connectivity index (χ0) is 12.5. The van der Waals surface area contributed by atoms with Crippen LogP contribution in [0.2, 0.25) is 0 Å². The van der Waals surface area contributed by atoms with E-state index in [4.69, 9.17) is 5.73 Å². The van der Waals surface area contributed by atoms with Crippen molar-refractivity contribution in [1.29, 1.82) is 0 Å². The van der Waals surface area contributed by atoms with Crippen LogP contribution in [0.5, 0.6) is 0 Å². The number of anilines is 1. The fourth-order valence-corrected chi connectivity index (χ4v) is 3.43. The van der Waals surface area contributed by atoms with Crippen molar-refractivity contribution in [3.05, 3.63) is 41.4 Å². The predicted octanol–water partition coefficient (Wildman–Crippen LogP) is 3.82. The molecule has 0 saturated carbocycles. The summed E-state index contributed by atoms with van der Waals surface area (Å²) in [5, 5.41) is 3.68. The molecule has 0 amide bonds. The van der Waals surface area contributed by atoms with E-state index >= 15 is 0 Å². The second-order valence-corrected chi connectivity index (χ2v) is 5.76. The van der Waals surface area contributed by atoms with Gasteiger partial charge in [0.15, 0.2) is 5.13 Å². The fourth-order valence-electron chi connectivity index (χ4n) is 1.75. The SMILES string of the molecule is Cc1nc(N)sc1-c1csc(-c2ccccc2)n1. The lowest BCUT2D eigenvalue weighted by atomic mass is 10.2. The van der Waals surface area contributed by atoms with Crippen molar-refractivity contribution in [3.8, 4) is 21.1 Å². The lowest BCUT2D eigenvalue weighted by Crippen LogP contribution is -1.81. The maximum absolute atomic E-state index is 5.72. The minimum atomic E-state index is 0.594. The molecule has 0 aliphatic carbocycles. The van der Waals surface area contributed by atoms with Crippen molar-refractivity contribution in [3.63, 3.8) is 0 Å². The number of hydrogen-bond donors (Lipinski definition) is 1. The summed E-state index contributed by atoms with van der Waals surface area (Å²) < 4.78 is 0. The molecule has 2 N–H and O–H groups in total. The third kappa shape index (κ3) is 2.02. The number of nitrogens with two attached hydrogens (primary N) is 1. The molecule has 3 aromatic rings. The number of aryl methyl sites for hydroxylation is 1. The molecule has 0 spiro atoms. The topological polar surface area (TPSA) is 51.8 Å². The molecule has 0 aliphatic heterocycles. The Kier molecular flexibility index (Phi) is 2.85. The highest BCUT2D eigenvalue weighted by Gasteiger charge is 2.12. The van der Waals surface area contributed by atoms with Crippen LogP contribution in [0.15, 0.2) is 35.7 Å². The second-order valence-electron chi connectivity index (χ2n) is 3.87. The molecule has 1 aromatic carbocycles. The first-order valence-corrected chi connectivity index (χ1v) is 7.18. The van der Waals surface area contributed by atoms with Crippen LogP contribution in [0.1, 0.15) is 5.69 Å². The Bertz CT molecular complexity index is 671. The average molecular weight is 273 g/mol. The van der Waals surface area contributed by atoms with Crippen molar-refractivity contribution in [1.82, 2.24) is 9.97 Å². The normalized spacial score (nSPS) is 10.7. The van der Waals surface area contributed by atoms with E-state index in [-0.39, 0.29) is 0 Å². The van der Waals surface area contributed by atoms with Gasteiger partial charge in [-0.15, -0.1) is 11.3 Å². The first kappa shape index (κ1) is 11.4. The van der Waals surface area contributed by atoms with E-state index in [1.807, 2.05) is 25.1 Å². The van der Waals surface area contributed by atoms with Crippen molar-refractivity contribution in [2.75, 3.05) is 5.73 Å². The van der Waals surface area contributed by atoms with E-state index in [0.29, 0.717) is 5.13 Å². The van der Waals surface area contributed by atoms with Gasteiger partial charge in [0.1, 0.15) is 5.01 Å². The summed E-state index contributed by atoms with van der Waals surface area (Å²) in [7, 11) is 0. The Labute approximate surface area is 113 Å². The van der Waals surface area contributed by atoms with Gasteiger partial charge in [-0.25, -0.2) is 9.97 Å². The monoisotopic (exact) mass is 273 g/mol. The highest BCUT2D eigenvalue weighted by atomic mass is 32.1. The van der Waals surface area contributed by atoms with Gasteiger partial charge in [0, 0.05) is 10.9 Å². The van der Waals surface area contributed by atoms with Crippen LogP contribution in [-0.4, -0.2) is 9.97 Å². The van der Waals surface area contributed by atoms with Crippen molar-refractivity contribution < 1.29 is 0 Å². The minimum Gasteiger partial charge on any atom is -0.375 e. The van der Waals surface area contributed by atoms with Gasteiger partial charge in [-0.2, -0.15) is 0 Å². The standard InChI is InChI=1S/C13H11N3S2/c1-8-11(18-13(14)15-8)10-7-17-12(16-10)9-5-3-2-4-6-9/h2-7H,1H3,(H2,14,15). The molecule has 0 unspecified atom stereocenters. The van der Waals surface area contributed by atoms with Crippen LogP contribution >= 0.6 is 22.7 Å². The van der Waals surface area contributed by atoms with Gasteiger partial charge in [0.2, 0.25) is 0 Å². The number of rotatable bonds is 2. The number of hydrogen-bond acceptors (Lipinski definition) is 5. The fraction of sp³-hybridized carbons (Fsp3) is 0.0769.